The van der Waals surface area contributed by atoms with E-state index in [-0.39, 0.29) is 14.9 Å². The Hall–Kier alpha value is -0.0400. The maximum atomic E-state index is 12.3. The van der Waals surface area contributed by atoms with Crippen molar-refractivity contribution in [3.63, 3.8) is 0 Å². The summed E-state index contributed by atoms with van der Waals surface area (Å²) in [5, 5.41) is 3.59. The number of hydrogen-bond acceptors (Lipinski definition) is 3. The average molecular weight is 358 g/mol. The van der Waals surface area contributed by atoms with E-state index in [1.165, 1.54) is 12.1 Å². The van der Waals surface area contributed by atoms with Crippen LogP contribution < -0.4 is 10.0 Å². The number of sulfonamides is 1. The molecule has 4 nitrogen and oxygen atoms in total. The van der Waals surface area contributed by atoms with Gasteiger partial charge in [0.15, 0.2) is 0 Å². The van der Waals surface area contributed by atoms with Gasteiger partial charge in [0.25, 0.3) is 0 Å². The van der Waals surface area contributed by atoms with Crippen molar-refractivity contribution in [1.82, 2.24) is 10.0 Å². The number of piperidine rings is 1. The van der Waals surface area contributed by atoms with Crippen molar-refractivity contribution in [1.29, 1.82) is 0 Å². The van der Waals surface area contributed by atoms with Crippen LogP contribution in [0.3, 0.4) is 0 Å². The molecule has 0 aromatic heterocycles. The highest BCUT2D eigenvalue weighted by Gasteiger charge is 2.24. The van der Waals surface area contributed by atoms with E-state index in [1.807, 2.05) is 0 Å². The lowest BCUT2D eigenvalue weighted by Crippen LogP contribution is -2.36. The van der Waals surface area contributed by atoms with E-state index < -0.39 is 10.0 Å². The van der Waals surface area contributed by atoms with Crippen molar-refractivity contribution in [3.05, 3.63) is 27.2 Å². The van der Waals surface area contributed by atoms with Crippen molar-refractivity contribution in [2.45, 2.75) is 17.7 Å². The summed E-state index contributed by atoms with van der Waals surface area (Å²) in [4.78, 5) is -0.112. The fourth-order valence-corrected chi connectivity index (χ4v) is 4.83. The van der Waals surface area contributed by atoms with Gasteiger partial charge in [0.1, 0.15) is 4.90 Å². The molecule has 1 aromatic carbocycles. The fourth-order valence-electron chi connectivity index (χ4n) is 2.17. The van der Waals surface area contributed by atoms with Crippen LogP contribution >= 0.6 is 34.8 Å². The van der Waals surface area contributed by atoms with Crippen LogP contribution in [0.4, 0.5) is 0 Å². The Balaban J connectivity index is 2.14. The van der Waals surface area contributed by atoms with E-state index in [1.54, 1.807) is 0 Å². The average Bonchev–Trinajstić information content (AvgIpc) is 2.36. The first-order valence-corrected chi connectivity index (χ1v) is 8.87. The highest BCUT2D eigenvalue weighted by Crippen LogP contribution is 2.32. The lowest BCUT2D eigenvalue weighted by atomic mass is 9.99. The molecule has 0 radical (unpaired) electrons. The third kappa shape index (κ3) is 4.00. The van der Waals surface area contributed by atoms with Crippen molar-refractivity contribution < 1.29 is 8.42 Å². The SMILES string of the molecule is O=S(=O)(NCC1CCNCC1)c1c(Cl)cc(Cl)cc1Cl. The molecular formula is C12H15Cl3N2O2S. The lowest BCUT2D eigenvalue weighted by Gasteiger charge is -2.23. The van der Waals surface area contributed by atoms with Crippen molar-refractivity contribution >= 4 is 44.8 Å². The Morgan fingerprint density at radius 3 is 2.25 bits per heavy atom. The van der Waals surface area contributed by atoms with Crippen LogP contribution in [0.5, 0.6) is 0 Å². The summed E-state index contributed by atoms with van der Waals surface area (Å²) < 4.78 is 27.2. The first-order chi connectivity index (χ1) is 9.40. The topological polar surface area (TPSA) is 58.2 Å². The smallest absolute Gasteiger partial charge is 0.243 e. The van der Waals surface area contributed by atoms with Crippen molar-refractivity contribution in [2.24, 2.45) is 5.92 Å². The van der Waals surface area contributed by atoms with Gasteiger partial charge in [0.05, 0.1) is 10.0 Å². The molecule has 0 amide bonds. The van der Waals surface area contributed by atoms with Gasteiger partial charge in [0.2, 0.25) is 10.0 Å². The highest BCUT2D eigenvalue weighted by atomic mass is 35.5. The van der Waals surface area contributed by atoms with E-state index >= 15 is 0 Å². The summed E-state index contributed by atoms with van der Waals surface area (Å²) in [5.74, 6) is 0.330. The standard InChI is InChI=1S/C12H15Cl3N2O2S/c13-9-5-10(14)12(11(15)6-9)20(18,19)17-7-8-1-3-16-4-2-8/h5-6,8,16-17H,1-4,7H2. The predicted molar refractivity (Wildman–Crippen MR) is 82.3 cm³/mol. The molecule has 1 heterocycles. The third-order valence-electron chi connectivity index (χ3n) is 3.25. The van der Waals surface area contributed by atoms with E-state index in [4.69, 9.17) is 34.8 Å². The van der Waals surface area contributed by atoms with Gasteiger partial charge in [-0.1, -0.05) is 34.8 Å². The van der Waals surface area contributed by atoms with Crippen LogP contribution in [0.2, 0.25) is 15.1 Å². The maximum Gasteiger partial charge on any atom is 0.243 e. The minimum Gasteiger partial charge on any atom is -0.317 e. The molecule has 1 aliphatic heterocycles. The molecule has 1 aliphatic rings. The summed E-state index contributed by atoms with van der Waals surface area (Å²) >= 11 is 17.7. The molecule has 1 saturated heterocycles. The van der Waals surface area contributed by atoms with Crippen molar-refractivity contribution in [2.75, 3.05) is 19.6 Å². The molecule has 2 rings (SSSR count). The number of hydrogen-bond donors (Lipinski definition) is 2. The number of benzene rings is 1. The van der Waals surface area contributed by atoms with Crippen molar-refractivity contribution in [3.8, 4) is 0 Å². The lowest BCUT2D eigenvalue weighted by molar-refractivity contribution is 0.372. The first kappa shape index (κ1) is 16.3. The van der Waals surface area contributed by atoms with E-state index in [0.717, 1.165) is 25.9 Å². The molecule has 0 unspecified atom stereocenters. The largest absolute Gasteiger partial charge is 0.317 e. The molecule has 8 heteroatoms. The molecule has 112 valence electrons. The van der Waals surface area contributed by atoms with Crippen LogP contribution in [0.1, 0.15) is 12.8 Å². The van der Waals surface area contributed by atoms with Gasteiger partial charge < -0.3 is 5.32 Å². The van der Waals surface area contributed by atoms with Crippen LogP contribution in [0.25, 0.3) is 0 Å². The number of rotatable bonds is 4. The normalized spacial score (nSPS) is 17.4. The zero-order valence-electron chi connectivity index (χ0n) is 10.6. The summed E-state index contributed by atoms with van der Waals surface area (Å²) in [6.07, 6.45) is 1.90. The summed E-state index contributed by atoms with van der Waals surface area (Å²) in [6.45, 7) is 2.21. The molecule has 0 bridgehead atoms. The molecule has 0 saturated carbocycles. The van der Waals surface area contributed by atoms with Gasteiger partial charge in [-0.15, -0.1) is 0 Å². The molecule has 0 aliphatic carbocycles. The second-order valence-electron chi connectivity index (χ2n) is 4.74. The Kier molecular flexibility index (Phi) is 5.56. The highest BCUT2D eigenvalue weighted by molar-refractivity contribution is 7.89. The maximum absolute atomic E-state index is 12.3. The van der Waals surface area contributed by atoms with Gasteiger partial charge in [-0.25, -0.2) is 13.1 Å². The van der Waals surface area contributed by atoms with Crippen LogP contribution in [-0.2, 0) is 10.0 Å². The second-order valence-corrected chi connectivity index (χ2v) is 7.70. The van der Waals surface area contributed by atoms with Crippen LogP contribution in [0.15, 0.2) is 17.0 Å². The Bertz CT molecular complexity index is 563. The summed E-state index contributed by atoms with van der Waals surface area (Å²) in [7, 11) is -3.73. The number of nitrogens with one attached hydrogen (secondary N) is 2. The van der Waals surface area contributed by atoms with Gasteiger partial charge in [-0.05, 0) is 44.0 Å². The Labute approximate surface area is 133 Å². The third-order valence-corrected chi connectivity index (χ3v) is 5.82. The molecule has 0 atom stereocenters. The molecular weight excluding hydrogens is 343 g/mol. The van der Waals surface area contributed by atoms with E-state index in [0.29, 0.717) is 17.5 Å². The van der Waals surface area contributed by atoms with Crippen LogP contribution in [0, 0.1) is 5.92 Å². The monoisotopic (exact) mass is 356 g/mol. The van der Waals surface area contributed by atoms with Gasteiger partial charge in [-0.3, -0.25) is 0 Å². The quantitative estimate of drug-likeness (QED) is 0.871. The van der Waals surface area contributed by atoms with E-state index in [9.17, 15) is 8.42 Å². The van der Waals surface area contributed by atoms with Crippen LogP contribution in [-0.4, -0.2) is 28.1 Å². The molecule has 1 fully saturated rings. The zero-order chi connectivity index (χ0) is 14.8. The Morgan fingerprint density at radius 1 is 1.15 bits per heavy atom. The molecule has 20 heavy (non-hydrogen) atoms. The minimum absolute atomic E-state index is 0.0281. The predicted octanol–water partition coefficient (Wildman–Crippen LogP) is 2.92. The van der Waals surface area contributed by atoms with Gasteiger partial charge >= 0.3 is 0 Å². The summed E-state index contributed by atoms with van der Waals surface area (Å²) in [5.41, 5.74) is 0. The zero-order valence-corrected chi connectivity index (χ0v) is 13.7. The Morgan fingerprint density at radius 2 is 1.70 bits per heavy atom. The fraction of sp³-hybridized carbons (Fsp3) is 0.500. The second kappa shape index (κ2) is 6.81. The minimum atomic E-state index is -3.73. The first-order valence-electron chi connectivity index (χ1n) is 6.25. The molecule has 2 N–H and O–H groups in total. The van der Waals surface area contributed by atoms with Gasteiger partial charge in [-0.2, -0.15) is 0 Å². The number of halogens is 3. The van der Waals surface area contributed by atoms with E-state index in [2.05, 4.69) is 10.0 Å². The molecule has 1 aromatic rings. The molecule has 0 spiro atoms. The summed E-state index contributed by atoms with van der Waals surface area (Å²) in [6, 6.07) is 2.74. The van der Waals surface area contributed by atoms with Gasteiger partial charge in [0, 0.05) is 11.6 Å².